The highest BCUT2D eigenvalue weighted by molar-refractivity contribution is 9.10. The van der Waals surface area contributed by atoms with Gasteiger partial charge in [0, 0.05) is 17.6 Å². The summed E-state index contributed by atoms with van der Waals surface area (Å²) in [5.41, 5.74) is 0.898. The number of hydrogen-bond donors (Lipinski definition) is 1. The van der Waals surface area contributed by atoms with Crippen LogP contribution in [-0.2, 0) is 11.2 Å². The number of amides is 1. The van der Waals surface area contributed by atoms with Crippen molar-refractivity contribution in [3.05, 3.63) is 34.3 Å². The fourth-order valence-electron chi connectivity index (χ4n) is 2.95. The summed E-state index contributed by atoms with van der Waals surface area (Å²) >= 11 is 3.59. The Labute approximate surface area is 154 Å². The molecule has 1 unspecified atom stereocenters. The van der Waals surface area contributed by atoms with Crippen LogP contribution in [0.2, 0.25) is 0 Å². The van der Waals surface area contributed by atoms with Crippen LogP contribution in [0.1, 0.15) is 39.2 Å². The highest BCUT2D eigenvalue weighted by atomic mass is 79.9. The van der Waals surface area contributed by atoms with Gasteiger partial charge in [-0.1, -0.05) is 34.1 Å². The van der Waals surface area contributed by atoms with Crippen LogP contribution in [0.5, 0.6) is 0 Å². The molecule has 1 fully saturated rings. The average Bonchev–Trinajstić information content (AvgIpc) is 2.52. The maximum absolute atomic E-state index is 12.2. The zero-order valence-corrected chi connectivity index (χ0v) is 16.6. The van der Waals surface area contributed by atoms with Gasteiger partial charge in [0.2, 0.25) is 0 Å². The van der Waals surface area contributed by atoms with E-state index in [1.54, 1.807) is 0 Å². The van der Waals surface area contributed by atoms with Crippen LogP contribution < -0.4 is 5.32 Å². The molecule has 1 aromatic carbocycles. The Bertz CT molecular complexity index is 542. The molecule has 4 nitrogen and oxygen atoms in total. The molecule has 1 aliphatic heterocycles. The third kappa shape index (κ3) is 6.44. The number of ether oxygens (including phenoxy) is 1. The monoisotopic (exact) mass is 396 g/mol. The second kappa shape index (κ2) is 8.86. The minimum absolute atomic E-state index is 0.180. The van der Waals surface area contributed by atoms with Gasteiger partial charge in [-0.25, -0.2) is 4.79 Å². The summed E-state index contributed by atoms with van der Waals surface area (Å²) in [6.07, 6.45) is 3.04. The van der Waals surface area contributed by atoms with Gasteiger partial charge in [0.1, 0.15) is 5.60 Å². The second-order valence-electron chi connectivity index (χ2n) is 7.48. The molecule has 0 spiro atoms. The van der Waals surface area contributed by atoms with Crippen molar-refractivity contribution >= 4 is 22.0 Å². The van der Waals surface area contributed by atoms with Gasteiger partial charge in [0.05, 0.1) is 0 Å². The van der Waals surface area contributed by atoms with E-state index in [0.717, 1.165) is 39.0 Å². The first-order chi connectivity index (χ1) is 11.3. The molecule has 1 N–H and O–H groups in total. The molecule has 0 aromatic heterocycles. The van der Waals surface area contributed by atoms with E-state index in [1.165, 1.54) is 16.5 Å². The number of nitrogens with one attached hydrogen (secondary N) is 1. The molecule has 1 heterocycles. The first-order valence-electron chi connectivity index (χ1n) is 8.77. The Morgan fingerprint density at radius 3 is 2.83 bits per heavy atom. The van der Waals surface area contributed by atoms with Gasteiger partial charge in [-0.2, -0.15) is 0 Å². The summed E-state index contributed by atoms with van der Waals surface area (Å²) in [4.78, 5) is 14.0. The summed E-state index contributed by atoms with van der Waals surface area (Å²) < 4.78 is 6.65. The number of benzene rings is 1. The molecule has 1 aliphatic rings. The zero-order chi connectivity index (χ0) is 17.6. The third-order valence-corrected chi connectivity index (χ3v) is 4.91. The number of piperidine rings is 1. The van der Waals surface area contributed by atoms with Gasteiger partial charge >= 0.3 is 6.09 Å². The lowest BCUT2D eigenvalue weighted by Crippen LogP contribution is -2.45. The summed E-state index contributed by atoms with van der Waals surface area (Å²) in [7, 11) is 0. The van der Waals surface area contributed by atoms with Crippen molar-refractivity contribution in [3.63, 3.8) is 0 Å². The number of halogens is 1. The lowest BCUT2D eigenvalue weighted by atomic mass is 9.98. The van der Waals surface area contributed by atoms with Crippen LogP contribution in [-0.4, -0.2) is 42.8 Å². The molecule has 134 valence electrons. The Morgan fingerprint density at radius 1 is 1.38 bits per heavy atom. The SMILES string of the molecule is CC(C)(C)OC(=O)N1CCCC(CNCCc2ccccc2Br)C1. The second-order valence-corrected chi connectivity index (χ2v) is 8.33. The predicted octanol–water partition coefficient (Wildman–Crippen LogP) is 4.23. The average molecular weight is 397 g/mol. The summed E-state index contributed by atoms with van der Waals surface area (Å²) in [6, 6.07) is 8.33. The van der Waals surface area contributed by atoms with Gasteiger partial charge in [0.15, 0.2) is 0 Å². The Balaban J connectivity index is 1.71. The van der Waals surface area contributed by atoms with Gasteiger partial charge in [-0.3, -0.25) is 0 Å². The van der Waals surface area contributed by atoms with Crippen molar-refractivity contribution in [1.29, 1.82) is 0 Å². The van der Waals surface area contributed by atoms with Crippen LogP contribution in [0.15, 0.2) is 28.7 Å². The lowest BCUT2D eigenvalue weighted by Gasteiger charge is -2.34. The summed E-state index contributed by atoms with van der Waals surface area (Å²) in [5, 5.41) is 3.54. The normalized spacial score (nSPS) is 18.5. The molecule has 1 amide bonds. The molecule has 1 aromatic rings. The van der Waals surface area contributed by atoms with Crippen molar-refractivity contribution in [3.8, 4) is 0 Å². The highest BCUT2D eigenvalue weighted by Crippen LogP contribution is 2.19. The number of rotatable bonds is 5. The number of hydrogen-bond acceptors (Lipinski definition) is 3. The van der Waals surface area contributed by atoms with Gasteiger partial charge in [0.25, 0.3) is 0 Å². The lowest BCUT2D eigenvalue weighted by molar-refractivity contribution is 0.0166. The van der Waals surface area contributed by atoms with Crippen LogP contribution in [0, 0.1) is 5.92 Å². The van der Waals surface area contributed by atoms with Crippen LogP contribution in [0.3, 0.4) is 0 Å². The smallest absolute Gasteiger partial charge is 0.410 e. The standard InChI is InChI=1S/C19H29BrN2O2/c1-19(2,3)24-18(23)22-12-6-7-15(14-22)13-21-11-10-16-8-4-5-9-17(16)20/h4-5,8-9,15,21H,6-7,10-14H2,1-3H3. The minimum atomic E-state index is -0.425. The first-order valence-corrected chi connectivity index (χ1v) is 9.56. The van der Waals surface area contributed by atoms with Crippen LogP contribution >= 0.6 is 15.9 Å². The fourth-order valence-corrected chi connectivity index (χ4v) is 3.44. The number of nitrogens with zero attached hydrogens (tertiary/aromatic N) is 1. The number of likely N-dealkylation sites (tertiary alicyclic amines) is 1. The first kappa shape index (κ1) is 19.3. The fraction of sp³-hybridized carbons (Fsp3) is 0.632. The number of carbonyl (C=O) groups excluding carboxylic acids is 1. The van der Waals surface area contributed by atoms with E-state index >= 15 is 0 Å². The molecule has 1 atom stereocenters. The topological polar surface area (TPSA) is 41.6 Å². The molecule has 24 heavy (non-hydrogen) atoms. The summed E-state index contributed by atoms with van der Waals surface area (Å²) in [5.74, 6) is 0.505. The molecule has 0 radical (unpaired) electrons. The van der Waals surface area contributed by atoms with E-state index in [1.807, 2.05) is 31.7 Å². The van der Waals surface area contributed by atoms with E-state index < -0.39 is 5.60 Å². The van der Waals surface area contributed by atoms with E-state index in [4.69, 9.17) is 4.74 Å². The molecular weight excluding hydrogens is 368 g/mol. The molecule has 2 rings (SSSR count). The molecule has 0 saturated carbocycles. The predicted molar refractivity (Wildman–Crippen MR) is 101 cm³/mol. The van der Waals surface area contributed by atoms with Gasteiger partial charge in [-0.05, 0) is 70.7 Å². The molecule has 1 saturated heterocycles. The van der Waals surface area contributed by atoms with Crippen molar-refractivity contribution in [2.45, 2.75) is 45.6 Å². The van der Waals surface area contributed by atoms with Crippen LogP contribution in [0.4, 0.5) is 4.79 Å². The van der Waals surface area contributed by atoms with Crippen molar-refractivity contribution < 1.29 is 9.53 Å². The van der Waals surface area contributed by atoms with Crippen molar-refractivity contribution in [2.75, 3.05) is 26.2 Å². The zero-order valence-electron chi connectivity index (χ0n) is 15.0. The quantitative estimate of drug-likeness (QED) is 0.757. The maximum Gasteiger partial charge on any atom is 0.410 e. The van der Waals surface area contributed by atoms with Crippen molar-refractivity contribution in [1.82, 2.24) is 10.2 Å². The third-order valence-electron chi connectivity index (χ3n) is 4.13. The van der Waals surface area contributed by atoms with E-state index in [9.17, 15) is 4.79 Å². The van der Waals surface area contributed by atoms with E-state index in [0.29, 0.717) is 5.92 Å². The van der Waals surface area contributed by atoms with Crippen molar-refractivity contribution in [2.24, 2.45) is 5.92 Å². The van der Waals surface area contributed by atoms with Gasteiger partial charge in [-0.15, -0.1) is 0 Å². The van der Waals surface area contributed by atoms with E-state index in [2.05, 4.69) is 39.4 Å². The highest BCUT2D eigenvalue weighted by Gasteiger charge is 2.27. The summed E-state index contributed by atoms with van der Waals surface area (Å²) in [6.45, 7) is 9.23. The largest absolute Gasteiger partial charge is 0.444 e. The molecule has 0 bridgehead atoms. The Morgan fingerprint density at radius 2 is 2.12 bits per heavy atom. The molecule has 0 aliphatic carbocycles. The molecular formula is C19H29BrN2O2. The minimum Gasteiger partial charge on any atom is -0.444 e. The number of carbonyl (C=O) groups is 1. The Hall–Kier alpha value is -1.07. The molecule has 5 heteroatoms. The van der Waals surface area contributed by atoms with Gasteiger partial charge < -0.3 is 15.0 Å². The van der Waals surface area contributed by atoms with E-state index in [-0.39, 0.29) is 6.09 Å². The maximum atomic E-state index is 12.2. The van der Waals surface area contributed by atoms with Crippen LogP contribution in [0.25, 0.3) is 0 Å². The Kier molecular flexibility index (Phi) is 7.11.